The van der Waals surface area contributed by atoms with Crippen LogP contribution in [-0.4, -0.2) is 35.3 Å². The van der Waals surface area contributed by atoms with E-state index in [1.165, 1.54) is 5.32 Å². The summed E-state index contributed by atoms with van der Waals surface area (Å²) in [7, 11) is 1.12. The lowest BCUT2D eigenvalue weighted by Crippen LogP contribution is -2.31. The molecule has 0 saturated carbocycles. The Bertz CT molecular complexity index is 487. The molecule has 0 radical (unpaired) electrons. The topological polar surface area (TPSA) is 88.5 Å². The quantitative estimate of drug-likeness (QED) is 0.858. The number of hydrogen-bond acceptors (Lipinski definition) is 4. The summed E-state index contributed by atoms with van der Waals surface area (Å²) >= 11 is 0. The number of ether oxygens (including phenoxy) is 1. The molecule has 1 aromatic rings. The van der Waals surface area contributed by atoms with Crippen molar-refractivity contribution >= 4 is 17.6 Å². The van der Waals surface area contributed by atoms with Crippen molar-refractivity contribution in [3.8, 4) is 5.75 Å². The van der Waals surface area contributed by atoms with Crippen molar-refractivity contribution in [3.05, 3.63) is 18.0 Å². The molecule has 1 heterocycles. The van der Waals surface area contributed by atoms with Gasteiger partial charge >= 0.3 is 18.1 Å². The Hall–Kier alpha value is -2.32. The summed E-state index contributed by atoms with van der Waals surface area (Å²) in [5, 5.41) is 10.2. The van der Waals surface area contributed by atoms with Gasteiger partial charge in [0.15, 0.2) is 5.69 Å². The highest BCUT2D eigenvalue weighted by atomic mass is 19.4. The Morgan fingerprint density at radius 3 is 2.50 bits per heavy atom. The number of nitrogens with one attached hydrogen (secondary N) is 1. The van der Waals surface area contributed by atoms with Gasteiger partial charge in [0.2, 0.25) is 0 Å². The van der Waals surface area contributed by atoms with Gasteiger partial charge in [0.05, 0.1) is 7.11 Å². The first-order valence-corrected chi connectivity index (χ1v) is 4.41. The standard InChI is InChI=1S/C9H7F3N2O4/c1-18-4-2-3-13-6(7(15)16)5(4)14-8(17)9(10,11)12/h2-3H,1H3,(H,14,17)(H,15,16). The number of hydrogen-bond donors (Lipinski definition) is 2. The number of nitrogens with zero attached hydrogens (tertiary/aromatic N) is 1. The number of halogens is 3. The summed E-state index contributed by atoms with van der Waals surface area (Å²) in [4.78, 5) is 24.9. The lowest BCUT2D eigenvalue weighted by Gasteiger charge is -2.12. The predicted molar refractivity (Wildman–Crippen MR) is 52.4 cm³/mol. The first-order valence-electron chi connectivity index (χ1n) is 4.41. The molecule has 0 aliphatic heterocycles. The Balaban J connectivity index is 3.21. The zero-order valence-corrected chi connectivity index (χ0v) is 8.91. The smallest absolute Gasteiger partial charge is 0.471 e. The Labute approximate surface area is 98.4 Å². The van der Waals surface area contributed by atoms with E-state index in [4.69, 9.17) is 5.11 Å². The number of methoxy groups -OCH3 is 1. The molecule has 0 aliphatic rings. The van der Waals surface area contributed by atoms with Crippen LogP contribution in [0.15, 0.2) is 12.3 Å². The molecule has 18 heavy (non-hydrogen) atoms. The summed E-state index contributed by atoms with van der Waals surface area (Å²) in [5.74, 6) is -4.14. The van der Waals surface area contributed by atoms with E-state index in [9.17, 15) is 22.8 Å². The maximum atomic E-state index is 12.1. The minimum Gasteiger partial charge on any atom is -0.494 e. The van der Waals surface area contributed by atoms with Crippen molar-refractivity contribution in [3.63, 3.8) is 0 Å². The van der Waals surface area contributed by atoms with Crippen LogP contribution in [0.5, 0.6) is 5.75 Å². The maximum Gasteiger partial charge on any atom is 0.471 e. The summed E-state index contributed by atoms with van der Waals surface area (Å²) in [6.07, 6.45) is -4.11. The fourth-order valence-corrected chi connectivity index (χ4v) is 1.08. The molecule has 0 spiro atoms. The van der Waals surface area contributed by atoms with E-state index in [2.05, 4.69) is 9.72 Å². The lowest BCUT2D eigenvalue weighted by molar-refractivity contribution is -0.167. The Kier molecular flexibility index (Phi) is 3.74. The number of aromatic carboxylic acids is 1. The highest BCUT2D eigenvalue weighted by Crippen LogP contribution is 2.28. The number of aromatic nitrogens is 1. The van der Waals surface area contributed by atoms with Gasteiger partial charge in [0, 0.05) is 12.3 Å². The number of rotatable bonds is 3. The van der Waals surface area contributed by atoms with Crippen molar-refractivity contribution in [2.75, 3.05) is 12.4 Å². The van der Waals surface area contributed by atoms with Crippen molar-refractivity contribution in [1.29, 1.82) is 0 Å². The fourth-order valence-electron chi connectivity index (χ4n) is 1.08. The minimum absolute atomic E-state index is 0.236. The summed E-state index contributed by atoms with van der Waals surface area (Å²) < 4.78 is 40.9. The molecule has 1 amide bonds. The third kappa shape index (κ3) is 2.87. The number of pyridine rings is 1. The largest absolute Gasteiger partial charge is 0.494 e. The molecule has 9 heteroatoms. The summed E-state index contributed by atoms with van der Waals surface area (Å²) in [6, 6.07) is 1.12. The molecule has 0 atom stereocenters. The number of anilines is 1. The van der Waals surface area contributed by atoms with Gasteiger partial charge in [-0.25, -0.2) is 9.78 Å². The lowest BCUT2D eigenvalue weighted by atomic mass is 10.2. The molecule has 0 fully saturated rings. The van der Waals surface area contributed by atoms with Crippen LogP contribution in [0.25, 0.3) is 0 Å². The highest BCUT2D eigenvalue weighted by molar-refractivity contribution is 6.02. The van der Waals surface area contributed by atoms with Gasteiger partial charge in [-0.3, -0.25) is 4.79 Å². The molecule has 98 valence electrons. The zero-order valence-electron chi connectivity index (χ0n) is 8.91. The molecule has 0 saturated heterocycles. The number of carbonyl (C=O) groups excluding carboxylic acids is 1. The van der Waals surface area contributed by atoms with E-state index in [1.807, 2.05) is 0 Å². The molecule has 2 N–H and O–H groups in total. The number of carboxylic acid groups (broad SMARTS) is 1. The first-order chi connectivity index (χ1) is 8.27. The van der Waals surface area contributed by atoms with Crippen LogP contribution in [0.3, 0.4) is 0 Å². The second kappa shape index (κ2) is 4.90. The van der Waals surface area contributed by atoms with E-state index in [1.54, 1.807) is 0 Å². The van der Waals surface area contributed by atoms with E-state index in [-0.39, 0.29) is 5.75 Å². The van der Waals surface area contributed by atoms with Gasteiger partial charge in [0.1, 0.15) is 11.4 Å². The van der Waals surface area contributed by atoms with E-state index >= 15 is 0 Å². The van der Waals surface area contributed by atoms with E-state index < -0.39 is 29.4 Å². The molecular weight excluding hydrogens is 257 g/mol. The van der Waals surface area contributed by atoms with Crippen molar-refractivity contribution < 1.29 is 32.6 Å². The van der Waals surface area contributed by atoms with Gasteiger partial charge in [-0.15, -0.1) is 0 Å². The SMILES string of the molecule is COc1ccnc(C(=O)O)c1NC(=O)C(F)(F)F. The van der Waals surface area contributed by atoms with Gasteiger partial charge in [-0.05, 0) is 0 Å². The summed E-state index contributed by atoms with van der Waals surface area (Å²) in [5.41, 5.74) is -1.39. The number of alkyl halides is 3. The molecule has 1 aromatic heterocycles. The van der Waals surface area contributed by atoms with Gasteiger partial charge < -0.3 is 15.2 Å². The zero-order chi connectivity index (χ0) is 13.9. The normalized spacial score (nSPS) is 10.9. The fraction of sp³-hybridized carbons (Fsp3) is 0.222. The van der Waals surface area contributed by atoms with Crippen molar-refractivity contribution in [1.82, 2.24) is 4.98 Å². The number of amides is 1. The van der Waals surface area contributed by atoms with Crippen LogP contribution in [0.2, 0.25) is 0 Å². The van der Waals surface area contributed by atoms with Gasteiger partial charge in [0.25, 0.3) is 0 Å². The third-order valence-electron chi connectivity index (χ3n) is 1.83. The van der Waals surface area contributed by atoms with Gasteiger partial charge in [-0.2, -0.15) is 13.2 Å². The van der Waals surface area contributed by atoms with E-state index in [0.717, 1.165) is 19.4 Å². The number of carbonyl (C=O) groups is 2. The van der Waals surface area contributed by atoms with Crippen molar-refractivity contribution in [2.45, 2.75) is 6.18 Å². The third-order valence-corrected chi connectivity index (χ3v) is 1.83. The van der Waals surface area contributed by atoms with Gasteiger partial charge in [-0.1, -0.05) is 0 Å². The van der Waals surface area contributed by atoms with Crippen molar-refractivity contribution in [2.24, 2.45) is 0 Å². The minimum atomic E-state index is -5.14. The molecule has 0 bridgehead atoms. The predicted octanol–water partition coefficient (Wildman–Crippen LogP) is 1.29. The maximum absolute atomic E-state index is 12.1. The van der Waals surface area contributed by atoms with Crippen LogP contribution >= 0.6 is 0 Å². The number of carboxylic acids is 1. The van der Waals surface area contributed by atoms with Crippen LogP contribution < -0.4 is 10.1 Å². The van der Waals surface area contributed by atoms with E-state index in [0.29, 0.717) is 0 Å². The van der Waals surface area contributed by atoms with Crippen LogP contribution in [0.1, 0.15) is 10.5 Å². The van der Waals surface area contributed by atoms with Crippen LogP contribution in [0.4, 0.5) is 18.9 Å². The molecule has 0 aromatic carbocycles. The average molecular weight is 264 g/mol. The summed E-state index contributed by atoms with van der Waals surface area (Å²) in [6.45, 7) is 0. The molecule has 0 aliphatic carbocycles. The highest BCUT2D eigenvalue weighted by Gasteiger charge is 2.39. The van der Waals surface area contributed by atoms with Crippen LogP contribution in [0, 0.1) is 0 Å². The molecule has 0 unspecified atom stereocenters. The Morgan fingerprint density at radius 2 is 2.06 bits per heavy atom. The second-order valence-corrected chi connectivity index (χ2v) is 2.99. The first kappa shape index (κ1) is 13.7. The molecular formula is C9H7F3N2O4. The molecule has 1 rings (SSSR count). The molecule has 6 nitrogen and oxygen atoms in total. The van der Waals surface area contributed by atoms with Crippen LogP contribution in [-0.2, 0) is 4.79 Å². The second-order valence-electron chi connectivity index (χ2n) is 2.99. The monoisotopic (exact) mass is 264 g/mol. The average Bonchev–Trinajstić information content (AvgIpc) is 2.27. The Morgan fingerprint density at radius 1 is 1.44 bits per heavy atom.